The molecule has 98 valence electrons. The van der Waals surface area contributed by atoms with Crippen LogP contribution in [0.25, 0.3) is 0 Å². The smallest absolute Gasteiger partial charge is 0.277 e. The van der Waals surface area contributed by atoms with Crippen LogP contribution in [0.5, 0.6) is 0 Å². The number of hydrogen-bond donors (Lipinski definition) is 2. The van der Waals surface area contributed by atoms with Gasteiger partial charge in [0.1, 0.15) is 11.5 Å². The monoisotopic (exact) mass is 277 g/mol. The van der Waals surface area contributed by atoms with Crippen LogP contribution in [0.15, 0.2) is 30.7 Å². The summed E-state index contributed by atoms with van der Waals surface area (Å²) in [5.74, 6) is 0.431. The molecule has 0 saturated carbocycles. The van der Waals surface area contributed by atoms with E-state index < -0.39 is 5.91 Å². The molecule has 1 amide bonds. The average molecular weight is 278 g/mol. The number of pyridine rings is 1. The Hall–Kier alpha value is -2.21. The topological polar surface area (TPSA) is 79.8 Å². The first kappa shape index (κ1) is 13.2. The molecule has 0 fully saturated rings. The molecule has 0 bridgehead atoms. The minimum Gasteiger partial charge on any atom is -0.369 e. The summed E-state index contributed by atoms with van der Waals surface area (Å²) >= 11 is 5.91. The fourth-order valence-corrected chi connectivity index (χ4v) is 1.56. The Kier molecular flexibility index (Phi) is 4.25. The van der Waals surface area contributed by atoms with Crippen molar-refractivity contribution in [2.24, 2.45) is 0 Å². The van der Waals surface area contributed by atoms with Gasteiger partial charge in [0, 0.05) is 12.7 Å². The van der Waals surface area contributed by atoms with Crippen molar-refractivity contribution in [3.63, 3.8) is 0 Å². The highest BCUT2D eigenvalue weighted by Gasteiger charge is 2.11. The van der Waals surface area contributed by atoms with Crippen LogP contribution in [0.3, 0.4) is 0 Å². The molecule has 0 aliphatic rings. The van der Waals surface area contributed by atoms with Crippen molar-refractivity contribution in [2.45, 2.75) is 6.92 Å². The zero-order valence-electron chi connectivity index (χ0n) is 10.2. The molecule has 2 aromatic rings. The minimum absolute atomic E-state index is 0.195. The van der Waals surface area contributed by atoms with Gasteiger partial charge < -0.3 is 10.6 Å². The number of hydrogen-bond acceptors (Lipinski definition) is 5. The van der Waals surface area contributed by atoms with Gasteiger partial charge in [0.25, 0.3) is 5.91 Å². The zero-order valence-corrected chi connectivity index (χ0v) is 11.0. The minimum atomic E-state index is -0.409. The molecule has 2 aromatic heterocycles. The van der Waals surface area contributed by atoms with Crippen LogP contribution in [-0.4, -0.2) is 27.4 Å². The first-order valence-corrected chi connectivity index (χ1v) is 6.06. The van der Waals surface area contributed by atoms with E-state index in [9.17, 15) is 4.79 Å². The Labute approximate surface area is 115 Å². The lowest BCUT2D eigenvalue weighted by Gasteiger charge is -2.06. The Morgan fingerprint density at radius 2 is 2.26 bits per heavy atom. The molecule has 0 aliphatic heterocycles. The molecular formula is C12H12ClN5O. The molecule has 0 spiro atoms. The number of carbonyl (C=O) groups excluding carboxylic acids is 1. The van der Waals surface area contributed by atoms with Crippen molar-refractivity contribution in [1.29, 1.82) is 0 Å². The third-order valence-corrected chi connectivity index (χ3v) is 2.52. The SMILES string of the molecule is CCNc1cncc(C(=O)Nc2ncccc2Cl)n1. The highest BCUT2D eigenvalue weighted by Crippen LogP contribution is 2.17. The van der Waals surface area contributed by atoms with Gasteiger partial charge in [0.2, 0.25) is 0 Å². The van der Waals surface area contributed by atoms with Gasteiger partial charge in [-0.2, -0.15) is 0 Å². The van der Waals surface area contributed by atoms with E-state index in [1.165, 1.54) is 6.20 Å². The van der Waals surface area contributed by atoms with Gasteiger partial charge in [0.05, 0.1) is 17.4 Å². The van der Waals surface area contributed by atoms with E-state index in [1.807, 2.05) is 6.92 Å². The lowest BCUT2D eigenvalue weighted by Crippen LogP contribution is -2.16. The van der Waals surface area contributed by atoms with Crippen molar-refractivity contribution in [2.75, 3.05) is 17.2 Å². The second-order valence-electron chi connectivity index (χ2n) is 3.61. The maximum Gasteiger partial charge on any atom is 0.277 e. The Morgan fingerprint density at radius 3 is 3.00 bits per heavy atom. The largest absolute Gasteiger partial charge is 0.369 e. The third-order valence-electron chi connectivity index (χ3n) is 2.22. The predicted molar refractivity (Wildman–Crippen MR) is 73.4 cm³/mol. The van der Waals surface area contributed by atoms with Gasteiger partial charge in [-0.3, -0.25) is 9.78 Å². The van der Waals surface area contributed by atoms with E-state index in [1.54, 1.807) is 24.5 Å². The summed E-state index contributed by atoms with van der Waals surface area (Å²) in [5.41, 5.74) is 0.195. The van der Waals surface area contributed by atoms with Crippen LogP contribution in [0.2, 0.25) is 5.02 Å². The van der Waals surface area contributed by atoms with Gasteiger partial charge in [-0.15, -0.1) is 0 Å². The average Bonchev–Trinajstić information content (AvgIpc) is 2.42. The molecular weight excluding hydrogens is 266 g/mol. The molecule has 0 unspecified atom stereocenters. The number of rotatable bonds is 4. The van der Waals surface area contributed by atoms with Crippen LogP contribution >= 0.6 is 11.6 Å². The van der Waals surface area contributed by atoms with Gasteiger partial charge in [-0.05, 0) is 19.1 Å². The van der Waals surface area contributed by atoms with Crippen molar-refractivity contribution < 1.29 is 4.79 Å². The summed E-state index contributed by atoms with van der Waals surface area (Å²) in [7, 11) is 0. The fraction of sp³-hybridized carbons (Fsp3) is 0.167. The molecule has 0 atom stereocenters. The molecule has 19 heavy (non-hydrogen) atoms. The number of nitrogens with zero attached hydrogens (tertiary/aromatic N) is 3. The maximum atomic E-state index is 12.0. The van der Waals surface area contributed by atoms with Gasteiger partial charge in [-0.1, -0.05) is 11.6 Å². The molecule has 0 saturated heterocycles. The lowest BCUT2D eigenvalue weighted by atomic mass is 10.4. The molecule has 2 N–H and O–H groups in total. The summed E-state index contributed by atoms with van der Waals surface area (Å²) in [5, 5.41) is 5.93. The van der Waals surface area contributed by atoms with E-state index >= 15 is 0 Å². The maximum absolute atomic E-state index is 12.0. The lowest BCUT2D eigenvalue weighted by molar-refractivity contribution is 0.102. The van der Waals surface area contributed by atoms with Crippen molar-refractivity contribution >= 4 is 29.1 Å². The summed E-state index contributed by atoms with van der Waals surface area (Å²) in [6, 6.07) is 3.33. The number of amides is 1. The number of carbonyl (C=O) groups is 1. The predicted octanol–water partition coefficient (Wildman–Crippen LogP) is 2.21. The number of aromatic nitrogens is 3. The summed E-state index contributed by atoms with van der Waals surface area (Å²) in [6.45, 7) is 2.63. The van der Waals surface area contributed by atoms with Crippen LogP contribution in [0.4, 0.5) is 11.6 Å². The van der Waals surface area contributed by atoms with Crippen molar-refractivity contribution in [1.82, 2.24) is 15.0 Å². The van der Waals surface area contributed by atoms with Crippen LogP contribution in [0.1, 0.15) is 17.4 Å². The van der Waals surface area contributed by atoms with E-state index in [0.29, 0.717) is 23.2 Å². The second-order valence-corrected chi connectivity index (χ2v) is 4.02. The van der Waals surface area contributed by atoms with Gasteiger partial charge >= 0.3 is 0 Å². The van der Waals surface area contributed by atoms with Crippen molar-refractivity contribution in [3.05, 3.63) is 41.4 Å². The zero-order chi connectivity index (χ0) is 13.7. The molecule has 7 heteroatoms. The number of nitrogens with one attached hydrogen (secondary N) is 2. The van der Waals surface area contributed by atoms with Crippen LogP contribution in [0, 0.1) is 0 Å². The van der Waals surface area contributed by atoms with E-state index in [4.69, 9.17) is 11.6 Å². The Balaban J connectivity index is 2.16. The molecule has 2 rings (SSSR count). The Morgan fingerprint density at radius 1 is 1.42 bits per heavy atom. The summed E-state index contributed by atoms with van der Waals surface area (Å²) < 4.78 is 0. The van der Waals surface area contributed by atoms with Gasteiger partial charge in [-0.25, -0.2) is 9.97 Å². The second kappa shape index (κ2) is 6.10. The number of anilines is 2. The quantitative estimate of drug-likeness (QED) is 0.896. The first-order valence-electron chi connectivity index (χ1n) is 5.68. The molecule has 0 radical (unpaired) electrons. The van der Waals surface area contributed by atoms with E-state index in [0.717, 1.165) is 0 Å². The standard InChI is InChI=1S/C12H12ClN5O/c1-2-15-10-7-14-6-9(17-10)12(19)18-11-8(13)4-3-5-16-11/h3-7H,2H2,1H3,(H,15,17)(H,16,18,19). The normalized spacial score (nSPS) is 10.0. The van der Waals surface area contributed by atoms with Crippen LogP contribution < -0.4 is 10.6 Å². The summed E-state index contributed by atoms with van der Waals surface area (Å²) in [4.78, 5) is 24.0. The molecule has 6 nitrogen and oxygen atoms in total. The Bertz CT molecular complexity index is 590. The third kappa shape index (κ3) is 3.38. The fourth-order valence-electron chi connectivity index (χ4n) is 1.39. The summed E-state index contributed by atoms with van der Waals surface area (Å²) in [6.07, 6.45) is 4.48. The first-order chi connectivity index (χ1) is 9.20. The number of halogens is 1. The highest BCUT2D eigenvalue weighted by molar-refractivity contribution is 6.33. The molecule has 2 heterocycles. The van der Waals surface area contributed by atoms with E-state index in [-0.39, 0.29) is 5.69 Å². The van der Waals surface area contributed by atoms with E-state index in [2.05, 4.69) is 25.6 Å². The van der Waals surface area contributed by atoms with Crippen LogP contribution in [-0.2, 0) is 0 Å². The van der Waals surface area contributed by atoms with Gasteiger partial charge in [0.15, 0.2) is 5.82 Å². The highest BCUT2D eigenvalue weighted by atomic mass is 35.5. The molecule has 0 aliphatic carbocycles. The molecule has 0 aromatic carbocycles. The van der Waals surface area contributed by atoms with Crippen molar-refractivity contribution in [3.8, 4) is 0 Å².